The summed E-state index contributed by atoms with van der Waals surface area (Å²) in [5.41, 5.74) is 0.824. The van der Waals surface area contributed by atoms with Crippen LogP contribution in [0.4, 0.5) is 5.69 Å². The van der Waals surface area contributed by atoms with Crippen molar-refractivity contribution in [1.29, 1.82) is 0 Å². The van der Waals surface area contributed by atoms with Crippen LogP contribution in [-0.2, 0) is 19.6 Å². The van der Waals surface area contributed by atoms with Crippen LogP contribution in [-0.4, -0.2) is 58.2 Å². The SMILES string of the molecule is CCN(C(=O)CCN(CCCOC)S(C)(=O)=O)c1ccccc1. The van der Waals surface area contributed by atoms with Crippen LogP contribution < -0.4 is 4.90 Å². The predicted octanol–water partition coefficient (Wildman–Crippen LogP) is 1.73. The Bertz CT molecular complexity index is 575. The molecule has 1 amide bonds. The van der Waals surface area contributed by atoms with Gasteiger partial charge in [-0.2, -0.15) is 0 Å². The van der Waals surface area contributed by atoms with Crippen LogP contribution in [0.15, 0.2) is 30.3 Å². The van der Waals surface area contributed by atoms with Gasteiger partial charge in [0, 0.05) is 45.5 Å². The van der Waals surface area contributed by atoms with E-state index in [4.69, 9.17) is 4.74 Å². The highest BCUT2D eigenvalue weighted by atomic mass is 32.2. The Labute approximate surface area is 139 Å². The van der Waals surface area contributed by atoms with Crippen LogP contribution in [0.1, 0.15) is 19.8 Å². The van der Waals surface area contributed by atoms with E-state index < -0.39 is 10.0 Å². The molecular weight excluding hydrogens is 316 g/mol. The molecule has 0 saturated heterocycles. The van der Waals surface area contributed by atoms with E-state index in [1.165, 1.54) is 10.6 Å². The zero-order valence-corrected chi connectivity index (χ0v) is 14.9. The molecule has 0 unspecified atom stereocenters. The van der Waals surface area contributed by atoms with E-state index in [0.29, 0.717) is 26.1 Å². The first-order chi connectivity index (χ1) is 10.9. The van der Waals surface area contributed by atoms with Crippen molar-refractivity contribution in [2.45, 2.75) is 19.8 Å². The fourth-order valence-corrected chi connectivity index (χ4v) is 3.18. The molecule has 0 atom stereocenters. The molecule has 0 bridgehead atoms. The number of methoxy groups -OCH3 is 1. The van der Waals surface area contributed by atoms with Gasteiger partial charge in [-0.25, -0.2) is 12.7 Å². The van der Waals surface area contributed by atoms with Crippen molar-refractivity contribution in [3.63, 3.8) is 0 Å². The van der Waals surface area contributed by atoms with Crippen molar-refractivity contribution in [1.82, 2.24) is 4.31 Å². The number of amides is 1. The number of rotatable bonds is 10. The third-order valence-electron chi connectivity index (χ3n) is 3.49. The van der Waals surface area contributed by atoms with E-state index >= 15 is 0 Å². The van der Waals surface area contributed by atoms with E-state index in [0.717, 1.165) is 5.69 Å². The molecule has 0 fully saturated rings. The number of carbonyl (C=O) groups excluding carboxylic acids is 1. The number of anilines is 1. The Balaban J connectivity index is 2.66. The van der Waals surface area contributed by atoms with Gasteiger partial charge in [0.1, 0.15) is 0 Å². The molecule has 1 aromatic rings. The van der Waals surface area contributed by atoms with Crippen LogP contribution >= 0.6 is 0 Å². The number of nitrogens with zero attached hydrogens (tertiary/aromatic N) is 2. The highest BCUT2D eigenvalue weighted by Crippen LogP contribution is 2.14. The van der Waals surface area contributed by atoms with E-state index in [1.54, 1.807) is 12.0 Å². The van der Waals surface area contributed by atoms with E-state index in [9.17, 15) is 13.2 Å². The summed E-state index contributed by atoms with van der Waals surface area (Å²) in [5.74, 6) is -0.0842. The fourth-order valence-electron chi connectivity index (χ4n) is 2.29. The maximum atomic E-state index is 12.4. The summed E-state index contributed by atoms with van der Waals surface area (Å²) in [5, 5.41) is 0. The van der Waals surface area contributed by atoms with Crippen LogP contribution in [0, 0.1) is 0 Å². The number of hydrogen-bond donors (Lipinski definition) is 0. The third kappa shape index (κ3) is 6.68. The summed E-state index contributed by atoms with van der Waals surface area (Å²) in [6, 6.07) is 9.38. The Morgan fingerprint density at radius 3 is 2.35 bits per heavy atom. The molecule has 23 heavy (non-hydrogen) atoms. The molecule has 1 aromatic carbocycles. The van der Waals surface area contributed by atoms with Crippen molar-refractivity contribution in [3.05, 3.63) is 30.3 Å². The highest BCUT2D eigenvalue weighted by Gasteiger charge is 2.20. The maximum absolute atomic E-state index is 12.4. The molecule has 0 N–H and O–H groups in total. The van der Waals surface area contributed by atoms with Crippen molar-refractivity contribution < 1.29 is 17.9 Å². The molecule has 0 aliphatic heterocycles. The number of sulfonamides is 1. The summed E-state index contributed by atoms with van der Waals surface area (Å²) in [6.45, 7) is 3.48. The zero-order valence-electron chi connectivity index (χ0n) is 14.1. The summed E-state index contributed by atoms with van der Waals surface area (Å²) in [4.78, 5) is 14.1. The monoisotopic (exact) mass is 342 g/mol. The van der Waals surface area contributed by atoms with Crippen molar-refractivity contribution in [2.75, 3.05) is 44.5 Å². The van der Waals surface area contributed by atoms with Crippen LogP contribution in [0.3, 0.4) is 0 Å². The number of para-hydroxylation sites is 1. The van der Waals surface area contributed by atoms with Gasteiger partial charge in [-0.3, -0.25) is 4.79 Å². The van der Waals surface area contributed by atoms with Gasteiger partial charge in [0.05, 0.1) is 6.26 Å². The molecule has 0 spiro atoms. The number of benzene rings is 1. The largest absolute Gasteiger partial charge is 0.385 e. The molecule has 0 heterocycles. The van der Waals surface area contributed by atoms with E-state index in [-0.39, 0.29) is 18.9 Å². The van der Waals surface area contributed by atoms with Crippen molar-refractivity contribution in [3.8, 4) is 0 Å². The van der Waals surface area contributed by atoms with Crippen molar-refractivity contribution in [2.24, 2.45) is 0 Å². The van der Waals surface area contributed by atoms with E-state index in [1.807, 2.05) is 37.3 Å². The molecule has 130 valence electrons. The molecule has 7 heteroatoms. The van der Waals surface area contributed by atoms with Gasteiger partial charge in [-0.05, 0) is 25.5 Å². The Morgan fingerprint density at radius 2 is 1.83 bits per heavy atom. The second-order valence-electron chi connectivity index (χ2n) is 5.23. The quantitative estimate of drug-likeness (QED) is 0.607. The van der Waals surface area contributed by atoms with Gasteiger partial charge >= 0.3 is 0 Å². The molecule has 0 saturated carbocycles. The average Bonchev–Trinajstić information content (AvgIpc) is 2.51. The first-order valence-electron chi connectivity index (χ1n) is 7.69. The first-order valence-corrected chi connectivity index (χ1v) is 9.54. The molecule has 0 aliphatic carbocycles. The van der Waals surface area contributed by atoms with Gasteiger partial charge in [-0.1, -0.05) is 18.2 Å². The summed E-state index contributed by atoms with van der Waals surface area (Å²) >= 11 is 0. The highest BCUT2D eigenvalue weighted by molar-refractivity contribution is 7.88. The molecule has 1 rings (SSSR count). The molecule has 0 aromatic heterocycles. The minimum absolute atomic E-state index is 0.0842. The molecule has 0 radical (unpaired) electrons. The number of carbonyl (C=O) groups is 1. The lowest BCUT2D eigenvalue weighted by Crippen LogP contribution is -2.37. The van der Waals surface area contributed by atoms with Gasteiger partial charge in [0.15, 0.2) is 0 Å². The predicted molar refractivity (Wildman–Crippen MR) is 92.0 cm³/mol. The van der Waals surface area contributed by atoms with Crippen molar-refractivity contribution >= 4 is 21.6 Å². The summed E-state index contributed by atoms with van der Waals surface area (Å²) in [6.07, 6.45) is 1.93. The second kappa shape index (κ2) is 9.64. The maximum Gasteiger partial charge on any atom is 0.228 e. The third-order valence-corrected chi connectivity index (χ3v) is 4.79. The average molecular weight is 342 g/mol. The Kier molecular flexibility index (Phi) is 8.22. The van der Waals surface area contributed by atoms with Crippen LogP contribution in [0.2, 0.25) is 0 Å². The lowest BCUT2D eigenvalue weighted by molar-refractivity contribution is -0.118. The number of hydrogen-bond acceptors (Lipinski definition) is 4. The van der Waals surface area contributed by atoms with Crippen LogP contribution in [0.25, 0.3) is 0 Å². The van der Waals surface area contributed by atoms with Gasteiger partial charge in [0.2, 0.25) is 15.9 Å². The lowest BCUT2D eigenvalue weighted by atomic mass is 10.2. The topological polar surface area (TPSA) is 66.9 Å². The van der Waals surface area contributed by atoms with Gasteiger partial charge in [0.25, 0.3) is 0 Å². The normalized spacial score (nSPS) is 11.7. The second-order valence-corrected chi connectivity index (χ2v) is 7.21. The molecule has 0 aliphatic rings. The summed E-state index contributed by atoms with van der Waals surface area (Å²) < 4.78 is 29.9. The Hall–Kier alpha value is -1.44. The lowest BCUT2D eigenvalue weighted by Gasteiger charge is -2.24. The first kappa shape index (κ1) is 19.6. The van der Waals surface area contributed by atoms with Gasteiger partial charge in [-0.15, -0.1) is 0 Å². The smallest absolute Gasteiger partial charge is 0.228 e. The number of ether oxygens (including phenoxy) is 1. The zero-order chi connectivity index (χ0) is 17.3. The minimum atomic E-state index is -3.33. The van der Waals surface area contributed by atoms with Gasteiger partial charge < -0.3 is 9.64 Å². The standard InChI is InChI=1S/C16H26N2O4S/c1-4-18(15-9-6-5-7-10-15)16(19)11-13-17(23(3,20)21)12-8-14-22-2/h5-7,9-10H,4,8,11-14H2,1-3H3. The van der Waals surface area contributed by atoms with Crippen LogP contribution in [0.5, 0.6) is 0 Å². The Morgan fingerprint density at radius 1 is 1.17 bits per heavy atom. The fraction of sp³-hybridized carbons (Fsp3) is 0.562. The minimum Gasteiger partial charge on any atom is -0.385 e. The summed E-state index contributed by atoms with van der Waals surface area (Å²) in [7, 11) is -1.75. The van der Waals surface area contributed by atoms with E-state index in [2.05, 4.69) is 0 Å². The molecular formula is C16H26N2O4S. The molecule has 6 nitrogen and oxygen atoms in total.